The average molecular weight is 539 g/mol. The highest BCUT2D eigenvalue weighted by Gasteiger charge is 2.16. The fraction of sp³-hybridized carbons (Fsp3) is 0.233. The molecule has 40 heavy (non-hydrogen) atoms. The van der Waals surface area contributed by atoms with E-state index in [2.05, 4.69) is 53.7 Å². The van der Waals surface area contributed by atoms with Crippen LogP contribution >= 0.6 is 0 Å². The Labute approximate surface area is 234 Å². The van der Waals surface area contributed by atoms with Gasteiger partial charge in [0.15, 0.2) is 0 Å². The summed E-state index contributed by atoms with van der Waals surface area (Å²) in [7, 11) is 0. The Morgan fingerprint density at radius 2 is 1.00 bits per heavy atom. The predicted octanol–water partition coefficient (Wildman–Crippen LogP) is 5.99. The highest BCUT2D eigenvalue weighted by Crippen LogP contribution is 2.22. The molecule has 10 heteroatoms. The molecule has 2 amide bonds. The van der Waals surface area contributed by atoms with E-state index in [1.165, 1.54) is 6.92 Å². The van der Waals surface area contributed by atoms with Gasteiger partial charge in [0.05, 0.1) is 0 Å². The lowest BCUT2D eigenvalue weighted by atomic mass is 10.1. The standard InChI is InChI=1S/C30H34N8O2/c1-17-11-18(2)14-25(13-17)34-29-36-28(37-30(38-29)35-26-15-19(3)12-20(4)16-26)31-21(5)27(40)33-24-9-7-23(8-10-24)32-22(6)39/h7-16,21H,1-6H3,(H,32,39)(H,33,40)(H3,31,34,35,36,37,38)/t21-/m0/s1. The summed E-state index contributed by atoms with van der Waals surface area (Å²) in [5, 5.41) is 15.2. The molecular formula is C30H34N8O2. The van der Waals surface area contributed by atoms with Crippen molar-refractivity contribution in [3.8, 4) is 0 Å². The van der Waals surface area contributed by atoms with Crippen LogP contribution in [0.25, 0.3) is 0 Å². The molecule has 0 unspecified atom stereocenters. The second kappa shape index (κ2) is 12.2. The summed E-state index contributed by atoms with van der Waals surface area (Å²) in [6.07, 6.45) is 0. The van der Waals surface area contributed by atoms with E-state index in [1.807, 2.05) is 52.0 Å². The Morgan fingerprint density at radius 3 is 1.43 bits per heavy atom. The van der Waals surface area contributed by atoms with Crippen molar-refractivity contribution in [3.05, 3.63) is 82.9 Å². The summed E-state index contributed by atoms with van der Waals surface area (Å²) in [5.74, 6) is 0.452. The lowest BCUT2D eigenvalue weighted by Gasteiger charge is -2.16. The van der Waals surface area contributed by atoms with E-state index >= 15 is 0 Å². The minimum absolute atomic E-state index is 0.162. The number of benzene rings is 3. The minimum atomic E-state index is -0.666. The number of hydrogen-bond acceptors (Lipinski definition) is 8. The van der Waals surface area contributed by atoms with Crippen molar-refractivity contribution in [1.82, 2.24) is 15.0 Å². The van der Waals surface area contributed by atoms with Crippen LogP contribution < -0.4 is 26.6 Å². The molecule has 0 radical (unpaired) electrons. The molecule has 1 atom stereocenters. The van der Waals surface area contributed by atoms with Crippen LogP contribution in [0, 0.1) is 27.7 Å². The van der Waals surface area contributed by atoms with Crippen molar-refractivity contribution in [2.45, 2.75) is 47.6 Å². The molecule has 4 rings (SSSR count). The summed E-state index contributed by atoms with van der Waals surface area (Å²) in [6, 6.07) is 18.4. The third-order valence-corrected chi connectivity index (χ3v) is 5.80. The first-order valence-corrected chi connectivity index (χ1v) is 12.9. The zero-order chi connectivity index (χ0) is 28.8. The minimum Gasteiger partial charge on any atom is -0.342 e. The van der Waals surface area contributed by atoms with Crippen LogP contribution in [0.15, 0.2) is 60.7 Å². The number of hydrogen-bond donors (Lipinski definition) is 5. The Balaban J connectivity index is 1.55. The first kappa shape index (κ1) is 28.0. The molecule has 0 saturated heterocycles. The van der Waals surface area contributed by atoms with Crippen LogP contribution in [0.4, 0.5) is 40.6 Å². The van der Waals surface area contributed by atoms with Crippen LogP contribution in [0.5, 0.6) is 0 Å². The molecule has 0 spiro atoms. The first-order valence-electron chi connectivity index (χ1n) is 12.9. The maximum Gasteiger partial charge on any atom is 0.246 e. The van der Waals surface area contributed by atoms with Crippen molar-refractivity contribution in [1.29, 1.82) is 0 Å². The van der Waals surface area contributed by atoms with Gasteiger partial charge in [-0.25, -0.2) is 0 Å². The van der Waals surface area contributed by atoms with Crippen LogP contribution in [0.1, 0.15) is 36.1 Å². The Morgan fingerprint density at radius 1 is 0.600 bits per heavy atom. The summed E-state index contributed by atoms with van der Waals surface area (Å²) >= 11 is 0. The van der Waals surface area contributed by atoms with E-state index in [0.29, 0.717) is 23.3 Å². The number of aryl methyl sites for hydroxylation is 4. The molecule has 0 aliphatic heterocycles. The summed E-state index contributed by atoms with van der Waals surface area (Å²) in [4.78, 5) is 37.8. The van der Waals surface area contributed by atoms with Gasteiger partial charge in [-0.1, -0.05) is 12.1 Å². The lowest BCUT2D eigenvalue weighted by molar-refractivity contribution is -0.116. The van der Waals surface area contributed by atoms with E-state index < -0.39 is 6.04 Å². The van der Waals surface area contributed by atoms with Gasteiger partial charge in [0.1, 0.15) is 6.04 Å². The molecule has 206 valence electrons. The lowest BCUT2D eigenvalue weighted by Crippen LogP contribution is -2.32. The number of nitrogens with zero attached hydrogens (tertiary/aromatic N) is 3. The number of carbonyl (C=O) groups excluding carboxylic acids is 2. The largest absolute Gasteiger partial charge is 0.342 e. The second-order valence-corrected chi connectivity index (χ2v) is 9.92. The van der Waals surface area contributed by atoms with Crippen LogP contribution in [0.3, 0.4) is 0 Å². The maximum absolute atomic E-state index is 12.9. The van der Waals surface area contributed by atoms with Gasteiger partial charge in [0.25, 0.3) is 0 Å². The summed E-state index contributed by atoms with van der Waals surface area (Å²) in [5.41, 5.74) is 7.38. The number of nitrogens with one attached hydrogen (secondary N) is 5. The van der Waals surface area contributed by atoms with Gasteiger partial charge in [-0.15, -0.1) is 0 Å². The molecule has 4 aromatic rings. The first-order chi connectivity index (χ1) is 19.0. The van der Waals surface area contributed by atoms with Gasteiger partial charge >= 0.3 is 0 Å². The highest BCUT2D eigenvalue weighted by molar-refractivity contribution is 5.96. The van der Waals surface area contributed by atoms with Gasteiger partial charge in [0, 0.05) is 29.7 Å². The van der Waals surface area contributed by atoms with Crippen LogP contribution in [-0.2, 0) is 9.59 Å². The molecule has 3 aromatic carbocycles. The molecule has 10 nitrogen and oxygen atoms in total. The van der Waals surface area contributed by atoms with Gasteiger partial charge in [0.2, 0.25) is 29.7 Å². The number of anilines is 7. The van der Waals surface area contributed by atoms with E-state index in [1.54, 1.807) is 31.2 Å². The molecule has 5 N–H and O–H groups in total. The molecule has 0 aliphatic carbocycles. The van der Waals surface area contributed by atoms with Gasteiger partial charge in [-0.2, -0.15) is 15.0 Å². The fourth-order valence-corrected chi connectivity index (χ4v) is 4.25. The average Bonchev–Trinajstić information content (AvgIpc) is 2.83. The topological polar surface area (TPSA) is 133 Å². The van der Waals surface area contributed by atoms with Crippen molar-refractivity contribution < 1.29 is 9.59 Å². The van der Waals surface area contributed by atoms with Gasteiger partial charge in [-0.05, 0) is 105 Å². The third kappa shape index (κ3) is 8.00. The molecular weight excluding hydrogens is 504 g/mol. The third-order valence-electron chi connectivity index (χ3n) is 5.80. The van der Waals surface area contributed by atoms with Crippen LogP contribution in [0.2, 0.25) is 0 Å². The van der Waals surface area contributed by atoms with E-state index in [0.717, 1.165) is 33.6 Å². The number of carbonyl (C=O) groups is 2. The quantitative estimate of drug-likeness (QED) is 0.176. The Bertz CT molecular complexity index is 1420. The molecule has 1 aromatic heterocycles. The highest BCUT2D eigenvalue weighted by atomic mass is 16.2. The SMILES string of the molecule is CC(=O)Nc1ccc(NC(=O)[C@H](C)Nc2nc(Nc3cc(C)cc(C)c3)nc(Nc3cc(C)cc(C)c3)n2)cc1. The predicted molar refractivity (Wildman–Crippen MR) is 161 cm³/mol. The van der Waals surface area contributed by atoms with Crippen molar-refractivity contribution in [2.24, 2.45) is 0 Å². The molecule has 0 saturated carbocycles. The van der Waals surface area contributed by atoms with Crippen LogP contribution in [-0.4, -0.2) is 32.8 Å². The summed E-state index contributed by atoms with van der Waals surface area (Å²) < 4.78 is 0. The molecule has 0 aliphatic rings. The van der Waals surface area contributed by atoms with Crippen molar-refractivity contribution in [3.63, 3.8) is 0 Å². The molecule has 0 fully saturated rings. The van der Waals surface area contributed by atoms with E-state index in [4.69, 9.17) is 0 Å². The van der Waals surface area contributed by atoms with Crippen molar-refractivity contribution >= 4 is 52.4 Å². The van der Waals surface area contributed by atoms with E-state index in [9.17, 15) is 9.59 Å². The molecule has 0 bridgehead atoms. The summed E-state index contributed by atoms with van der Waals surface area (Å²) in [6.45, 7) is 11.3. The van der Waals surface area contributed by atoms with Gasteiger partial charge < -0.3 is 26.6 Å². The monoisotopic (exact) mass is 538 g/mol. The Hall–Kier alpha value is -4.99. The zero-order valence-electron chi connectivity index (χ0n) is 23.5. The maximum atomic E-state index is 12.9. The fourth-order valence-electron chi connectivity index (χ4n) is 4.25. The van der Waals surface area contributed by atoms with Gasteiger partial charge in [-0.3, -0.25) is 9.59 Å². The number of aromatic nitrogens is 3. The Kier molecular flexibility index (Phi) is 8.58. The zero-order valence-corrected chi connectivity index (χ0v) is 23.5. The second-order valence-electron chi connectivity index (χ2n) is 9.92. The number of rotatable bonds is 9. The normalized spacial score (nSPS) is 11.3. The van der Waals surface area contributed by atoms with Crippen molar-refractivity contribution in [2.75, 3.05) is 26.6 Å². The van der Waals surface area contributed by atoms with E-state index in [-0.39, 0.29) is 17.8 Å². The number of amides is 2. The smallest absolute Gasteiger partial charge is 0.246 e. The molecule has 1 heterocycles.